The molecule has 7 heteroatoms. The molecule has 0 aliphatic rings. The van der Waals surface area contributed by atoms with Gasteiger partial charge < -0.3 is 20.4 Å². The van der Waals surface area contributed by atoms with Gasteiger partial charge in [-0.2, -0.15) is 0 Å². The smallest absolute Gasteiger partial charge is 0.201 e. The lowest BCUT2D eigenvalue weighted by Gasteiger charge is -2.14. The third kappa shape index (κ3) is 4.99. The number of halogens is 2. The van der Waals surface area contributed by atoms with Crippen molar-refractivity contribution in [2.24, 2.45) is 0 Å². The molecule has 0 aliphatic carbocycles. The summed E-state index contributed by atoms with van der Waals surface area (Å²) in [7, 11) is 0. The molecule has 0 unspecified atom stereocenters. The van der Waals surface area contributed by atoms with Gasteiger partial charge in [0.1, 0.15) is 5.75 Å². The van der Waals surface area contributed by atoms with Crippen molar-refractivity contribution in [1.82, 2.24) is 15.3 Å². The Balaban J connectivity index is 1.44. The van der Waals surface area contributed by atoms with Gasteiger partial charge >= 0.3 is 0 Å². The van der Waals surface area contributed by atoms with E-state index in [0.717, 1.165) is 63.3 Å². The molecule has 138 valence electrons. The lowest BCUT2D eigenvalue weighted by molar-refractivity contribution is 0.333. The molecule has 0 atom stereocenters. The highest BCUT2D eigenvalue weighted by atomic mass is 79.9. The molecule has 0 radical (unpaired) electrons. The quantitative estimate of drug-likeness (QED) is 0.373. The van der Waals surface area contributed by atoms with Gasteiger partial charge in [0.25, 0.3) is 0 Å². The van der Waals surface area contributed by atoms with Gasteiger partial charge in [0, 0.05) is 23.1 Å². The van der Waals surface area contributed by atoms with Gasteiger partial charge in [-0.05, 0) is 60.1 Å². The highest BCUT2D eigenvalue weighted by molar-refractivity contribution is 9.11. The van der Waals surface area contributed by atoms with Gasteiger partial charge in [0.2, 0.25) is 5.95 Å². The van der Waals surface area contributed by atoms with Crippen LogP contribution in [0.25, 0.3) is 11.0 Å². The summed E-state index contributed by atoms with van der Waals surface area (Å²) in [6.45, 7) is 5.17. The summed E-state index contributed by atoms with van der Waals surface area (Å²) in [4.78, 5) is 7.79. The lowest BCUT2D eigenvalue weighted by atomic mass is 10.2. The number of ether oxygens (including phenoxy) is 1. The summed E-state index contributed by atoms with van der Waals surface area (Å²) in [5, 5.41) is 6.81. The number of H-pyrrole nitrogens is 1. The maximum atomic E-state index is 5.76. The Morgan fingerprint density at radius 1 is 1.15 bits per heavy atom. The van der Waals surface area contributed by atoms with Crippen molar-refractivity contribution in [3.05, 3.63) is 50.9 Å². The van der Waals surface area contributed by atoms with Crippen molar-refractivity contribution in [2.75, 3.05) is 25.0 Å². The second-order valence-electron chi connectivity index (χ2n) is 5.87. The number of benzene rings is 2. The lowest BCUT2D eigenvalue weighted by Crippen LogP contribution is -2.18. The Labute approximate surface area is 170 Å². The second-order valence-corrected chi connectivity index (χ2v) is 7.64. The number of imidazole rings is 1. The third-order valence-electron chi connectivity index (χ3n) is 3.90. The molecular weight excluding hydrogens is 460 g/mol. The Morgan fingerprint density at radius 2 is 2.00 bits per heavy atom. The summed E-state index contributed by atoms with van der Waals surface area (Å²) in [6.07, 6.45) is 0.996. The zero-order valence-corrected chi connectivity index (χ0v) is 17.8. The number of rotatable bonds is 9. The van der Waals surface area contributed by atoms with Crippen LogP contribution < -0.4 is 15.4 Å². The maximum absolute atomic E-state index is 5.76. The highest BCUT2D eigenvalue weighted by Gasteiger charge is 2.09. The summed E-state index contributed by atoms with van der Waals surface area (Å²) < 4.78 is 7.76. The standard InChI is InChI=1S/C19H22Br2N4O/c1-2-26-18-13(10-14(20)11-15(18)21)12-22-8-5-9-23-19-24-16-6-3-4-7-17(16)25-19/h3-4,6-7,10-11,22H,2,5,8-9,12H2,1H3,(H2,23,24,25). The molecule has 3 N–H and O–H groups in total. The molecule has 0 aliphatic heterocycles. The van der Waals surface area contributed by atoms with Gasteiger partial charge in [-0.1, -0.05) is 28.1 Å². The first-order valence-electron chi connectivity index (χ1n) is 8.67. The molecule has 26 heavy (non-hydrogen) atoms. The van der Waals surface area contributed by atoms with Gasteiger partial charge in [-0.15, -0.1) is 0 Å². The molecule has 0 saturated carbocycles. The molecule has 2 aromatic carbocycles. The first kappa shape index (κ1) is 19.2. The first-order valence-corrected chi connectivity index (χ1v) is 10.3. The monoisotopic (exact) mass is 480 g/mol. The number of aromatic nitrogens is 2. The van der Waals surface area contributed by atoms with Gasteiger partial charge in [-0.25, -0.2) is 4.98 Å². The van der Waals surface area contributed by atoms with E-state index < -0.39 is 0 Å². The Hall–Kier alpha value is -1.57. The minimum absolute atomic E-state index is 0.647. The number of fused-ring (bicyclic) bond motifs is 1. The van der Waals surface area contributed by atoms with Crippen LogP contribution in [0, 0.1) is 0 Å². The Morgan fingerprint density at radius 3 is 2.81 bits per heavy atom. The largest absolute Gasteiger partial charge is 0.492 e. The van der Waals surface area contributed by atoms with E-state index in [2.05, 4.69) is 58.5 Å². The maximum Gasteiger partial charge on any atom is 0.201 e. The molecule has 3 aromatic rings. The fourth-order valence-corrected chi connectivity index (χ4v) is 4.16. The Bertz CT molecular complexity index is 833. The predicted molar refractivity (Wildman–Crippen MR) is 114 cm³/mol. The summed E-state index contributed by atoms with van der Waals surface area (Å²) >= 11 is 7.11. The molecule has 1 heterocycles. The summed E-state index contributed by atoms with van der Waals surface area (Å²) in [5.74, 6) is 1.73. The average molecular weight is 482 g/mol. The number of hydrogen-bond acceptors (Lipinski definition) is 4. The van der Waals surface area contributed by atoms with E-state index in [0.29, 0.717) is 6.61 Å². The van der Waals surface area contributed by atoms with Crippen molar-refractivity contribution in [1.29, 1.82) is 0 Å². The molecule has 0 saturated heterocycles. The van der Waals surface area contributed by atoms with Crippen LogP contribution in [0.5, 0.6) is 5.75 Å². The number of aromatic amines is 1. The highest BCUT2D eigenvalue weighted by Crippen LogP contribution is 2.32. The van der Waals surface area contributed by atoms with Crippen molar-refractivity contribution < 1.29 is 4.74 Å². The van der Waals surface area contributed by atoms with Gasteiger partial charge in [0.05, 0.1) is 22.1 Å². The fraction of sp³-hybridized carbons (Fsp3) is 0.316. The molecule has 0 amide bonds. The van der Waals surface area contributed by atoms with Crippen molar-refractivity contribution >= 4 is 48.8 Å². The van der Waals surface area contributed by atoms with E-state index in [-0.39, 0.29) is 0 Å². The number of para-hydroxylation sites is 2. The summed E-state index contributed by atoms with van der Waals surface area (Å²) in [6, 6.07) is 12.1. The van der Waals surface area contributed by atoms with Crippen molar-refractivity contribution in [2.45, 2.75) is 19.9 Å². The van der Waals surface area contributed by atoms with Crippen LogP contribution in [-0.2, 0) is 6.54 Å². The van der Waals surface area contributed by atoms with E-state index in [1.165, 1.54) is 0 Å². The Kier molecular flexibility index (Phi) is 6.93. The molecule has 0 fully saturated rings. The van der Waals surface area contributed by atoms with Crippen LogP contribution in [-0.4, -0.2) is 29.7 Å². The van der Waals surface area contributed by atoms with E-state index in [4.69, 9.17) is 4.74 Å². The molecule has 0 spiro atoms. The van der Waals surface area contributed by atoms with Crippen LogP contribution in [0.3, 0.4) is 0 Å². The zero-order chi connectivity index (χ0) is 18.4. The predicted octanol–water partition coefficient (Wildman–Crippen LogP) is 5.08. The van der Waals surface area contributed by atoms with Gasteiger partial charge in [0.15, 0.2) is 0 Å². The van der Waals surface area contributed by atoms with Gasteiger partial charge in [-0.3, -0.25) is 0 Å². The number of nitrogens with zero attached hydrogens (tertiary/aromatic N) is 1. The van der Waals surface area contributed by atoms with E-state index in [1.807, 2.05) is 37.3 Å². The summed E-state index contributed by atoms with van der Waals surface area (Å²) in [5.41, 5.74) is 3.17. The van der Waals surface area contributed by atoms with Crippen molar-refractivity contribution in [3.8, 4) is 5.75 Å². The average Bonchev–Trinajstić information content (AvgIpc) is 3.03. The zero-order valence-electron chi connectivity index (χ0n) is 14.6. The van der Waals surface area contributed by atoms with E-state index >= 15 is 0 Å². The number of nitrogens with one attached hydrogen (secondary N) is 3. The molecule has 1 aromatic heterocycles. The van der Waals surface area contributed by atoms with Crippen LogP contribution in [0.1, 0.15) is 18.9 Å². The van der Waals surface area contributed by atoms with Crippen LogP contribution >= 0.6 is 31.9 Å². The second kappa shape index (κ2) is 9.39. The molecule has 0 bridgehead atoms. The van der Waals surface area contributed by atoms with E-state index in [9.17, 15) is 0 Å². The normalized spacial score (nSPS) is 11.0. The fourth-order valence-electron chi connectivity index (χ4n) is 2.73. The molecule has 3 rings (SSSR count). The molecular formula is C19H22Br2N4O. The van der Waals surface area contributed by atoms with Crippen LogP contribution in [0.2, 0.25) is 0 Å². The minimum atomic E-state index is 0.647. The first-order chi connectivity index (χ1) is 12.7. The third-order valence-corrected chi connectivity index (χ3v) is 4.95. The van der Waals surface area contributed by atoms with Crippen LogP contribution in [0.4, 0.5) is 5.95 Å². The van der Waals surface area contributed by atoms with Crippen molar-refractivity contribution in [3.63, 3.8) is 0 Å². The SMILES string of the molecule is CCOc1c(Br)cc(Br)cc1CNCCCNc1nc2ccccc2[nH]1. The molecule has 5 nitrogen and oxygen atoms in total. The van der Waals surface area contributed by atoms with E-state index in [1.54, 1.807) is 0 Å². The van der Waals surface area contributed by atoms with Crippen LogP contribution in [0.15, 0.2) is 45.3 Å². The minimum Gasteiger partial charge on any atom is -0.492 e. The topological polar surface area (TPSA) is 62.0 Å². The number of hydrogen-bond donors (Lipinski definition) is 3. The number of anilines is 1.